The van der Waals surface area contributed by atoms with Crippen molar-refractivity contribution in [1.82, 2.24) is 0 Å². The van der Waals surface area contributed by atoms with E-state index in [2.05, 4.69) is 35.3 Å². The third kappa shape index (κ3) is 3.95. The Balaban J connectivity index is 1.76. The van der Waals surface area contributed by atoms with Gasteiger partial charge < -0.3 is 14.7 Å². The molecule has 4 heteroatoms. The van der Waals surface area contributed by atoms with E-state index < -0.39 is 0 Å². The van der Waals surface area contributed by atoms with Crippen molar-refractivity contribution in [2.45, 2.75) is 18.9 Å². The maximum atomic E-state index is 9.97. The normalized spacial score (nSPS) is 16.5. The monoisotopic (exact) mass is 325 g/mol. The van der Waals surface area contributed by atoms with Gasteiger partial charge in [0.15, 0.2) is 0 Å². The van der Waals surface area contributed by atoms with E-state index in [1.165, 1.54) is 31.5 Å². The number of phenols is 1. The van der Waals surface area contributed by atoms with Gasteiger partial charge in [0.25, 0.3) is 0 Å². The zero-order valence-corrected chi connectivity index (χ0v) is 14.1. The second kappa shape index (κ2) is 7.97. The summed E-state index contributed by atoms with van der Waals surface area (Å²) in [6.45, 7) is 3.13. The standard InChI is InChI=1S/C20H24N2O2/c1-24-18-9-10-20(23)17(13-18)14-21-15-19(22-11-5-6-12-22)16-7-3-2-4-8-16/h2-4,7-10,13-14,19,23H,5-6,11-12,15H2,1H3/p+1/t19-/m1/s1. The van der Waals surface area contributed by atoms with Gasteiger partial charge in [-0.3, -0.25) is 4.99 Å². The van der Waals surface area contributed by atoms with Crippen molar-refractivity contribution in [2.24, 2.45) is 4.99 Å². The molecule has 1 heterocycles. The van der Waals surface area contributed by atoms with Crippen LogP contribution in [-0.2, 0) is 0 Å². The Morgan fingerprint density at radius 3 is 2.62 bits per heavy atom. The number of aliphatic imine (C=N–C) groups is 1. The van der Waals surface area contributed by atoms with Crippen LogP contribution in [0.25, 0.3) is 0 Å². The van der Waals surface area contributed by atoms with E-state index in [0.717, 1.165) is 12.3 Å². The second-order valence-electron chi connectivity index (χ2n) is 6.25. The number of methoxy groups -OCH3 is 1. The predicted octanol–water partition coefficient (Wildman–Crippen LogP) is 2.24. The minimum atomic E-state index is 0.226. The molecule has 2 aromatic rings. The summed E-state index contributed by atoms with van der Waals surface area (Å²) in [4.78, 5) is 6.24. The summed E-state index contributed by atoms with van der Waals surface area (Å²) in [6.07, 6.45) is 4.33. The number of likely N-dealkylation sites (tertiary alicyclic amines) is 1. The Labute approximate surface area is 143 Å². The van der Waals surface area contributed by atoms with Crippen molar-refractivity contribution in [3.63, 3.8) is 0 Å². The molecule has 2 N–H and O–H groups in total. The second-order valence-corrected chi connectivity index (χ2v) is 6.25. The Morgan fingerprint density at radius 1 is 1.17 bits per heavy atom. The number of ether oxygens (including phenoxy) is 1. The van der Waals surface area contributed by atoms with Crippen molar-refractivity contribution >= 4 is 6.21 Å². The number of rotatable bonds is 6. The summed E-state index contributed by atoms with van der Waals surface area (Å²) < 4.78 is 5.21. The number of phenolic OH excluding ortho intramolecular Hbond substituents is 1. The lowest BCUT2D eigenvalue weighted by Crippen LogP contribution is -3.10. The average molecular weight is 325 g/mol. The Bertz CT molecular complexity index is 679. The third-order valence-corrected chi connectivity index (χ3v) is 4.69. The van der Waals surface area contributed by atoms with E-state index in [-0.39, 0.29) is 5.75 Å². The summed E-state index contributed by atoms with van der Waals surface area (Å²) in [5.74, 6) is 0.948. The van der Waals surface area contributed by atoms with Crippen LogP contribution in [0.15, 0.2) is 53.5 Å². The van der Waals surface area contributed by atoms with Gasteiger partial charge in [0.1, 0.15) is 17.5 Å². The van der Waals surface area contributed by atoms with Gasteiger partial charge in [-0.15, -0.1) is 0 Å². The molecule has 0 radical (unpaired) electrons. The van der Waals surface area contributed by atoms with Crippen molar-refractivity contribution < 1.29 is 14.7 Å². The molecule has 24 heavy (non-hydrogen) atoms. The highest BCUT2D eigenvalue weighted by atomic mass is 16.5. The number of quaternary nitrogens is 1. The van der Waals surface area contributed by atoms with Gasteiger partial charge in [0.2, 0.25) is 0 Å². The first-order chi connectivity index (χ1) is 11.8. The summed E-state index contributed by atoms with van der Waals surface area (Å²) >= 11 is 0. The van der Waals surface area contributed by atoms with Crippen LogP contribution in [0.5, 0.6) is 11.5 Å². The van der Waals surface area contributed by atoms with E-state index in [9.17, 15) is 5.11 Å². The Kier molecular flexibility index (Phi) is 5.49. The number of aromatic hydroxyl groups is 1. The van der Waals surface area contributed by atoms with Gasteiger partial charge in [0.05, 0.1) is 26.7 Å². The van der Waals surface area contributed by atoms with Gasteiger partial charge in [-0.2, -0.15) is 0 Å². The minimum Gasteiger partial charge on any atom is -0.507 e. The van der Waals surface area contributed by atoms with E-state index in [1.807, 2.05) is 0 Å². The van der Waals surface area contributed by atoms with Crippen LogP contribution in [-0.4, -0.2) is 38.1 Å². The maximum absolute atomic E-state index is 9.97. The van der Waals surface area contributed by atoms with Gasteiger partial charge in [-0.25, -0.2) is 0 Å². The first-order valence-electron chi connectivity index (χ1n) is 8.54. The fourth-order valence-electron chi connectivity index (χ4n) is 3.35. The molecule has 1 fully saturated rings. The zero-order valence-electron chi connectivity index (χ0n) is 14.1. The lowest BCUT2D eigenvalue weighted by Gasteiger charge is -2.23. The lowest BCUT2D eigenvalue weighted by molar-refractivity contribution is -0.918. The molecule has 0 aromatic heterocycles. The summed E-state index contributed by atoms with van der Waals surface area (Å²) in [7, 11) is 1.62. The largest absolute Gasteiger partial charge is 0.507 e. The van der Waals surface area contributed by atoms with Crippen LogP contribution in [0.2, 0.25) is 0 Å². The molecule has 0 aliphatic carbocycles. The van der Waals surface area contributed by atoms with Gasteiger partial charge in [0, 0.05) is 30.2 Å². The smallest absolute Gasteiger partial charge is 0.133 e. The Morgan fingerprint density at radius 2 is 1.92 bits per heavy atom. The average Bonchev–Trinajstić information content (AvgIpc) is 3.15. The molecule has 0 bridgehead atoms. The molecule has 4 nitrogen and oxygen atoms in total. The number of nitrogens with one attached hydrogen (secondary N) is 1. The third-order valence-electron chi connectivity index (χ3n) is 4.69. The van der Waals surface area contributed by atoms with Gasteiger partial charge in [-0.05, 0) is 18.2 Å². The lowest BCUT2D eigenvalue weighted by atomic mass is 10.1. The van der Waals surface area contributed by atoms with Gasteiger partial charge in [-0.1, -0.05) is 30.3 Å². The molecule has 3 rings (SSSR count). The fraction of sp³-hybridized carbons (Fsp3) is 0.350. The fourth-order valence-corrected chi connectivity index (χ4v) is 3.35. The molecule has 1 aliphatic heterocycles. The number of benzene rings is 2. The highest BCUT2D eigenvalue weighted by Crippen LogP contribution is 2.21. The topological polar surface area (TPSA) is 46.3 Å². The van der Waals surface area contributed by atoms with E-state index in [0.29, 0.717) is 11.6 Å². The SMILES string of the molecule is COc1ccc(O)c(C=NC[C@H](c2ccccc2)[NH+]2CCCC2)c1. The molecule has 126 valence electrons. The first-order valence-corrected chi connectivity index (χ1v) is 8.54. The summed E-state index contributed by atoms with van der Waals surface area (Å²) in [5.41, 5.74) is 2.03. The molecular formula is C20H25N2O2+. The van der Waals surface area contributed by atoms with E-state index in [4.69, 9.17) is 4.74 Å². The van der Waals surface area contributed by atoms with Crippen LogP contribution < -0.4 is 9.64 Å². The van der Waals surface area contributed by atoms with Crippen LogP contribution >= 0.6 is 0 Å². The van der Waals surface area contributed by atoms with Crippen molar-refractivity contribution in [3.05, 3.63) is 59.7 Å². The van der Waals surface area contributed by atoms with Gasteiger partial charge >= 0.3 is 0 Å². The van der Waals surface area contributed by atoms with E-state index in [1.54, 1.807) is 36.4 Å². The van der Waals surface area contributed by atoms with Crippen LogP contribution in [0.1, 0.15) is 30.0 Å². The zero-order chi connectivity index (χ0) is 16.8. The molecular weight excluding hydrogens is 300 g/mol. The van der Waals surface area contributed by atoms with Crippen molar-refractivity contribution in [3.8, 4) is 11.5 Å². The minimum absolute atomic E-state index is 0.226. The molecule has 0 saturated carbocycles. The summed E-state index contributed by atoms with van der Waals surface area (Å²) in [5, 5.41) is 9.97. The molecule has 0 amide bonds. The number of hydrogen-bond donors (Lipinski definition) is 2. The van der Waals surface area contributed by atoms with Crippen LogP contribution in [0.4, 0.5) is 0 Å². The predicted molar refractivity (Wildman–Crippen MR) is 96.2 cm³/mol. The highest BCUT2D eigenvalue weighted by molar-refractivity contribution is 5.84. The molecule has 1 aliphatic rings. The first kappa shape index (κ1) is 16.5. The van der Waals surface area contributed by atoms with Crippen LogP contribution in [0.3, 0.4) is 0 Å². The highest BCUT2D eigenvalue weighted by Gasteiger charge is 2.26. The molecule has 2 aromatic carbocycles. The van der Waals surface area contributed by atoms with E-state index >= 15 is 0 Å². The molecule has 1 saturated heterocycles. The van der Waals surface area contributed by atoms with Crippen LogP contribution in [0, 0.1) is 0 Å². The summed E-state index contributed by atoms with van der Waals surface area (Å²) in [6, 6.07) is 16.2. The molecule has 0 unspecified atom stereocenters. The van der Waals surface area contributed by atoms with Crippen molar-refractivity contribution in [2.75, 3.05) is 26.7 Å². The number of nitrogens with zero attached hydrogens (tertiary/aromatic N) is 1. The quantitative estimate of drug-likeness (QED) is 0.800. The number of hydrogen-bond acceptors (Lipinski definition) is 3. The Hall–Kier alpha value is -2.33. The molecule has 0 spiro atoms. The van der Waals surface area contributed by atoms with Crippen molar-refractivity contribution in [1.29, 1.82) is 0 Å². The maximum Gasteiger partial charge on any atom is 0.133 e. The molecule has 1 atom stereocenters.